The van der Waals surface area contributed by atoms with Crippen LogP contribution in [0.5, 0.6) is 0 Å². The van der Waals surface area contributed by atoms with E-state index in [0.717, 1.165) is 22.2 Å². The molecule has 0 aliphatic heterocycles. The van der Waals surface area contributed by atoms with E-state index in [1.807, 2.05) is 24.4 Å². The molecule has 1 aromatic carbocycles. The number of aromatic amines is 1. The van der Waals surface area contributed by atoms with Crippen LogP contribution in [0.2, 0.25) is 0 Å². The molecule has 0 atom stereocenters. The fourth-order valence-corrected chi connectivity index (χ4v) is 1.98. The predicted molar refractivity (Wildman–Crippen MR) is 64.0 cm³/mol. The number of hydrogen-bond donors (Lipinski definition) is 2. The zero-order chi connectivity index (χ0) is 11.7. The van der Waals surface area contributed by atoms with Gasteiger partial charge in [0.1, 0.15) is 12.7 Å². The SMILES string of the molecule is OCCc1c[nH]c2ccc(-n3cncn3)cc12. The van der Waals surface area contributed by atoms with Crippen LogP contribution in [0.1, 0.15) is 5.56 Å². The quantitative estimate of drug-likeness (QED) is 0.709. The second kappa shape index (κ2) is 4.03. The fourth-order valence-electron chi connectivity index (χ4n) is 1.98. The summed E-state index contributed by atoms with van der Waals surface area (Å²) in [4.78, 5) is 7.12. The average Bonchev–Trinajstić information content (AvgIpc) is 2.98. The normalized spacial score (nSPS) is 11.1. The predicted octanol–water partition coefficient (Wildman–Crippen LogP) is 1.28. The average molecular weight is 228 g/mol. The molecule has 0 bridgehead atoms. The van der Waals surface area contributed by atoms with Crippen molar-refractivity contribution in [2.45, 2.75) is 6.42 Å². The van der Waals surface area contributed by atoms with E-state index in [-0.39, 0.29) is 6.61 Å². The van der Waals surface area contributed by atoms with Crippen molar-refractivity contribution in [1.82, 2.24) is 19.7 Å². The molecule has 0 unspecified atom stereocenters. The van der Waals surface area contributed by atoms with E-state index in [9.17, 15) is 0 Å². The van der Waals surface area contributed by atoms with E-state index < -0.39 is 0 Å². The largest absolute Gasteiger partial charge is 0.396 e. The summed E-state index contributed by atoms with van der Waals surface area (Å²) in [5.74, 6) is 0. The first-order chi connectivity index (χ1) is 8.38. The van der Waals surface area contributed by atoms with Crippen molar-refractivity contribution < 1.29 is 5.11 Å². The van der Waals surface area contributed by atoms with Crippen LogP contribution < -0.4 is 0 Å². The maximum absolute atomic E-state index is 9.01. The summed E-state index contributed by atoms with van der Waals surface area (Å²) in [5.41, 5.74) is 3.15. The van der Waals surface area contributed by atoms with Crippen LogP contribution >= 0.6 is 0 Å². The van der Waals surface area contributed by atoms with E-state index in [1.54, 1.807) is 11.0 Å². The number of H-pyrrole nitrogens is 1. The highest BCUT2D eigenvalue weighted by molar-refractivity contribution is 5.85. The third-order valence-corrected chi connectivity index (χ3v) is 2.82. The molecule has 0 spiro atoms. The summed E-state index contributed by atoms with van der Waals surface area (Å²) in [5, 5.41) is 14.2. The number of nitrogens with one attached hydrogen (secondary N) is 1. The van der Waals surface area contributed by atoms with Crippen LogP contribution in [-0.2, 0) is 6.42 Å². The molecule has 0 saturated carbocycles. The van der Waals surface area contributed by atoms with Gasteiger partial charge >= 0.3 is 0 Å². The van der Waals surface area contributed by atoms with Crippen LogP contribution in [0.4, 0.5) is 0 Å². The number of aromatic nitrogens is 4. The van der Waals surface area contributed by atoms with Gasteiger partial charge in [0.15, 0.2) is 0 Å². The van der Waals surface area contributed by atoms with Gasteiger partial charge in [0.05, 0.1) is 5.69 Å². The zero-order valence-electron chi connectivity index (χ0n) is 9.17. The van der Waals surface area contributed by atoms with E-state index in [0.29, 0.717) is 6.42 Å². The van der Waals surface area contributed by atoms with Crippen molar-refractivity contribution in [3.8, 4) is 5.69 Å². The van der Waals surface area contributed by atoms with Crippen molar-refractivity contribution in [3.05, 3.63) is 42.6 Å². The number of fused-ring (bicyclic) bond motifs is 1. The van der Waals surface area contributed by atoms with Crippen LogP contribution in [0, 0.1) is 0 Å². The summed E-state index contributed by atoms with van der Waals surface area (Å²) in [6.45, 7) is 0.153. The Labute approximate surface area is 97.7 Å². The van der Waals surface area contributed by atoms with Gasteiger partial charge in [0.2, 0.25) is 0 Å². The lowest BCUT2D eigenvalue weighted by Crippen LogP contribution is -1.94. The Balaban J connectivity index is 2.13. The summed E-state index contributed by atoms with van der Waals surface area (Å²) in [6, 6.07) is 6.04. The summed E-state index contributed by atoms with van der Waals surface area (Å²) in [6.07, 6.45) is 5.77. The molecular weight excluding hydrogens is 216 g/mol. The molecule has 3 aromatic rings. The minimum Gasteiger partial charge on any atom is -0.396 e. The van der Waals surface area contributed by atoms with Crippen LogP contribution in [-0.4, -0.2) is 31.5 Å². The first-order valence-electron chi connectivity index (χ1n) is 5.44. The highest BCUT2D eigenvalue weighted by Gasteiger charge is 2.05. The third kappa shape index (κ3) is 1.70. The lowest BCUT2D eigenvalue weighted by molar-refractivity contribution is 0.300. The zero-order valence-corrected chi connectivity index (χ0v) is 9.17. The lowest BCUT2D eigenvalue weighted by atomic mass is 10.1. The molecule has 5 heteroatoms. The molecule has 2 N–H and O–H groups in total. The number of nitrogens with zero attached hydrogens (tertiary/aromatic N) is 3. The monoisotopic (exact) mass is 228 g/mol. The minimum atomic E-state index is 0.153. The highest BCUT2D eigenvalue weighted by Crippen LogP contribution is 2.21. The molecule has 0 amide bonds. The van der Waals surface area contributed by atoms with Gasteiger partial charge in [0, 0.05) is 23.7 Å². The molecule has 0 fully saturated rings. The number of hydrogen-bond acceptors (Lipinski definition) is 3. The molecule has 5 nitrogen and oxygen atoms in total. The second-order valence-corrected chi connectivity index (χ2v) is 3.86. The molecule has 3 rings (SSSR count). The topological polar surface area (TPSA) is 66.7 Å². The Kier molecular flexibility index (Phi) is 2.38. The Morgan fingerprint density at radius 2 is 2.29 bits per heavy atom. The molecule has 0 radical (unpaired) electrons. The first kappa shape index (κ1) is 10.0. The maximum Gasteiger partial charge on any atom is 0.138 e. The van der Waals surface area contributed by atoms with Gasteiger partial charge in [-0.2, -0.15) is 5.10 Å². The smallest absolute Gasteiger partial charge is 0.138 e. The molecule has 17 heavy (non-hydrogen) atoms. The number of benzene rings is 1. The number of rotatable bonds is 3. The van der Waals surface area contributed by atoms with E-state index in [4.69, 9.17) is 5.11 Å². The molecule has 0 saturated heterocycles. The summed E-state index contributed by atoms with van der Waals surface area (Å²) < 4.78 is 1.72. The molecule has 0 aliphatic rings. The van der Waals surface area contributed by atoms with Crippen molar-refractivity contribution in [2.75, 3.05) is 6.61 Å². The molecule has 86 valence electrons. The minimum absolute atomic E-state index is 0.153. The van der Waals surface area contributed by atoms with E-state index in [1.165, 1.54) is 6.33 Å². The van der Waals surface area contributed by atoms with Gasteiger partial charge in [-0.05, 0) is 30.2 Å². The molecule has 0 aliphatic carbocycles. The highest BCUT2D eigenvalue weighted by atomic mass is 16.2. The third-order valence-electron chi connectivity index (χ3n) is 2.82. The van der Waals surface area contributed by atoms with E-state index in [2.05, 4.69) is 15.1 Å². The van der Waals surface area contributed by atoms with Crippen molar-refractivity contribution in [1.29, 1.82) is 0 Å². The van der Waals surface area contributed by atoms with Crippen LogP contribution in [0.15, 0.2) is 37.1 Å². The summed E-state index contributed by atoms with van der Waals surface area (Å²) >= 11 is 0. The Morgan fingerprint density at radius 3 is 3.06 bits per heavy atom. The van der Waals surface area contributed by atoms with E-state index >= 15 is 0 Å². The Bertz CT molecular complexity index is 627. The molecular formula is C12H12N4O. The van der Waals surface area contributed by atoms with Gasteiger partial charge in [-0.15, -0.1) is 0 Å². The Hall–Kier alpha value is -2.14. The van der Waals surface area contributed by atoms with Gasteiger partial charge in [-0.1, -0.05) is 0 Å². The van der Waals surface area contributed by atoms with Gasteiger partial charge in [0.25, 0.3) is 0 Å². The number of aliphatic hydroxyl groups is 1. The van der Waals surface area contributed by atoms with Crippen LogP contribution in [0.25, 0.3) is 16.6 Å². The second-order valence-electron chi connectivity index (χ2n) is 3.86. The van der Waals surface area contributed by atoms with Crippen LogP contribution in [0.3, 0.4) is 0 Å². The number of aliphatic hydroxyl groups excluding tert-OH is 1. The maximum atomic E-state index is 9.01. The first-order valence-corrected chi connectivity index (χ1v) is 5.44. The van der Waals surface area contributed by atoms with Gasteiger partial charge in [-0.25, -0.2) is 9.67 Å². The fraction of sp³-hybridized carbons (Fsp3) is 0.167. The Morgan fingerprint density at radius 1 is 1.35 bits per heavy atom. The summed E-state index contributed by atoms with van der Waals surface area (Å²) in [7, 11) is 0. The standard InChI is InChI=1S/C12H12N4O/c17-4-3-9-6-14-12-2-1-10(5-11(9)12)16-8-13-7-15-16/h1-2,5-8,14,17H,3-4H2. The van der Waals surface area contributed by atoms with Crippen molar-refractivity contribution >= 4 is 10.9 Å². The van der Waals surface area contributed by atoms with Crippen molar-refractivity contribution in [2.24, 2.45) is 0 Å². The van der Waals surface area contributed by atoms with Gasteiger partial charge in [-0.3, -0.25) is 0 Å². The van der Waals surface area contributed by atoms with Crippen molar-refractivity contribution in [3.63, 3.8) is 0 Å². The van der Waals surface area contributed by atoms with Gasteiger partial charge < -0.3 is 10.1 Å². The lowest BCUT2D eigenvalue weighted by Gasteiger charge is -2.01. The molecule has 2 heterocycles. The molecule has 2 aromatic heterocycles.